The van der Waals surface area contributed by atoms with E-state index in [9.17, 15) is 26.0 Å². The summed E-state index contributed by atoms with van der Waals surface area (Å²) in [5.74, 6) is -2.95. The second-order valence-corrected chi connectivity index (χ2v) is 8.54. The first-order valence-electron chi connectivity index (χ1n) is 8.13. The zero-order chi connectivity index (χ0) is 20.8. The maximum atomic E-state index is 14.6. The number of aryl methyl sites for hydroxylation is 2. The molecule has 1 N–H and O–H groups in total. The number of halogens is 4. The van der Waals surface area contributed by atoms with Gasteiger partial charge in [0.15, 0.2) is 15.7 Å². The van der Waals surface area contributed by atoms with Gasteiger partial charge in [0.05, 0.1) is 11.4 Å². The van der Waals surface area contributed by atoms with E-state index in [1.54, 1.807) is 26.0 Å². The normalized spacial score (nSPS) is 12.0. The summed E-state index contributed by atoms with van der Waals surface area (Å²) >= 11 is 0. The molecule has 0 amide bonds. The van der Waals surface area contributed by atoms with Crippen molar-refractivity contribution in [1.82, 2.24) is 9.97 Å². The molecule has 0 spiro atoms. The Balaban J connectivity index is 2.29. The molecule has 0 saturated heterocycles. The minimum Gasteiger partial charge on any atom is -0.337 e. The summed E-state index contributed by atoms with van der Waals surface area (Å²) in [7, 11) is -4.00. The molecule has 0 saturated carbocycles. The van der Waals surface area contributed by atoms with Crippen LogP contribution < -0.4 is 0 Å². The number of benzene rings is 2. The van der Waals surface area contributed by atoms with E-state index in [-0.39, 0.29) is 11.4 Å². The van der Waals surface area contributed by atoms with Crippen molar-refractivity contribution in [3.8, 4) is 22.5 Å². The number of hydrogen-bond donors (Lipinski definition) is 1. The first-order chi connectivity index (χ1) is 13.0. The molecule has 0 aliphatic carbocycles. The van der Waals surface area contributed by atoms with Gasteiger partial charge in [0, 0.05) is 17.4 Å². The van der Waals surface area contributed by atoms with E-state index < -0.39 is 44.2 Å². The van der Waals surface area contributed by atoms with Crippen LogP contribution in [0.3, 0.4) is 0 Å². The summed E-state index contributed by atoms with van der Waals surface area (Å²) in [4.78, 5) is 5.40. The number of rotatable bonds is 4. The van der Waals surface area contributed by atoms with Gasteiger partial charge in [-0.3, -0.25) is 0 Å². The maximum absolute atomic E-state index is 14.6. The lowest BCUT2D eigenvalue weighted by molar-refractivity contribution is 0.141. The topological polar surface area (TPSA) is 62.8 Å². The van der Waals surface area contributed by atoms with Crippen molar-refractivity contribution >= 4 is 9.84 Å². The standard InChI is InChI=1S/C19H16F4N2O2S/c1-9-4-10(2)6-11(5-9)16-17(25-19(24-16)18(22)23)12-7-14(21)15(8-13(12)20)28(3,26)27/h4-8,18H,1-3H3,(H,24,25). The SMILES string of the molecule is Cc1cc(C)cc(-c2nc(C(F)F)[nH]c2-c2cc(F)c(S(C)(=O)=O)cc2F)c1. The summed E-state index contributed by atoms with van der Waals surface area (Å²) < 4.78 is 78.5. The Morgan fingerprint density at radius 1 is 0.964 bits per heavy atom. The lowest BCUT2D eigenvalue weighted by Gasteiger charge is -2.09. The number of imidazole rings is 1. The van der Waals surface area contributed by atoms with Crippen LogP contribution in [0.1, 0.15) is 23.4 Å². The van der Waals surface area contributed by atoms with Gasteiger partial charge >= 0.3 is 0 Å². The van der Waals surface area contributed by atoms with Crippen molar-refractivity contribution in [2.24, 2.45) is 0 Å². The fourth-order valence-electron chi connectivity index (χ4n) is 3.01. The maximum Gasteiger partial charge on any atom is 0.295 e. The molecule has 0 bridgehead atoms. The third-order valence-corrected chi connectivity index (χ3v) is 5.23. The zero-order valence-electron chi connectivity index (χ0n) is 15.1. The van der Waals surface area contributed by atoms with E-state index >= 15 is 0 Å². The smallest absolute Gasteiger partial charge is 0.295 e. The number of H-pyrrole nitrogens is 1. The molecule has 9 heteroatoms. The molecular weight excluding hydrogens is 396 g/mol. The molecule has 0 radical (unpaired) electrons. The zero-order valence-corrected chi connectivity index (χ0v) is 16.0. The van der Waals surface area contributed by atoms with Crippen LogP contribution in [0.2, 0.25) is 0 Å². The molecule has 2 aromatic carbocycles. The predicted octanol–water partition coefficient (Wildman–Crippen LogP) is 4.98. The third-order valence-electron chi connectivity index (χ3n) is 4.11. The minimum absolute atomic E-state index is 0.0208. The lowest BCUT2D eigenvalue weighted by Crippen LogP contribution is -2.03. The Hall–Kier alpha value is -2.68. The van der Waals surface area contributed by atoms with Gasteiger partial charge in [0.25, 0.3) is 6.43 Å². The van der Waals surface area contributed by atoms with E-state index in [2.05, 4.69) is 9.97 Å². The van der Waals surface area contributed by atoms with Crippen molar-refractivity contribution in [1.29, 1.82) is 0 Å². The average molecular weight is 412 g/mol. The number of nitrogens with zero attached hydrogens (tertiary/aromatic N) is 1. The first-order valence-corrected chi connectivity index (χ1v) is 10.0. The van der Waals surface area contributed by atoms with Crippen LogP contribution in [0.5, 0.6) is 0 Å². The van der Waals surface area contributed by atoms with Crippen LogP contribution in [-0.4, -0.2) is 24.6 Å². The number of aromatic amines is 1. The Morgan fingerprint density at radius 3 is 2.11 bits per heavy atom. The number of alkyl halides is 2. The van der Waals surface area contributed by atoms with Gasteiger partial charge in [-0.15, -0.1) is 0 Å². The Morgan fingerprint density at radius 2 is 1.57 bits per heavy atom. The number of nitrogens with one attached hydrogen (secondary N) is 1. The van der Waals surface area contributed by atoms with E-state index in [0.29, 0.717) is 17.7 Å². The monoisotopic (exact) mass is 412 g/mol. The van der Waals surface area contributed by atoms with Crippen LogP contribution in [-0.2, 0) is 9.84 Å². The molecule has 0 atom stereocenters. The summed E-state index contributed by atoms with van der Waals surface area (Å²) in [6.45, 7) is 3.61. The molecule has 3 aromatic rings. The largest absolute Gasteiger partial charge is 0.337 e. The van der Waals surface area contributed by atoms with Gasteiger partial charge in [0.2, 0.25) is 0 Å². The van der Waals surface area contributed by atoms with Crippen LogP contribution >= 0.6 is 0 Å². The Kier molecular flexibility index (Phi) is 5.05. The van der Waals surface area contributed by atoms with Crippen molar-refractivity contribution < 1.29 is 26.0 Å². The Labute approximate surface area is 159 Å². The van der Waals surface area contributed by atoms with Gasteiger partial charge in [0.1, 0.15) is 16.5 Å². The molecule has 1 heterocycles. The fourth-order valence-corrected chi connectivity index (χ4v) is 3.75. The van der Waals surface area contributed by atoms with Crippen molar-refractivity contribution in [2.75, 3.05) is 6.26 Å². The van der Waals surface area contributed by atoms with Gasteiger partial charge < -0.3 is 4.98 Å². The molecule has 0 unspecified atom stereocenters. The lowest BCUT2D eigenvalue weighted by atomic mass is 10.0. The Bertz CT molecular complexity index is 1150. The van der Waals surface area contributed by atoms with E-state index in [1.807, 2.05) is 6.07 Å². The average Bonchev–Trinajstić information content (AvgIpc) is 3.00. The molecule has 0 aliphatic heterocycles. The molecule has 4 nitrogen and oxygen atoms in total. The van der Waals surface area contributed by atoms with Gasteiger partial charge in [-0.25, -0.2) is 31.0 Å². The van der Waals surface area contributed by atoms with Gasteiger partial charge in [-0.05, 0) is 38.1 Å². The van der Waals surface area contributed by atoms with Crippen molar-refractivity contribution in [3.05, 3.63) is 58.9 Å². The molecule has 148 valence electrons. The highest BCUT2D eigenvalue weighted by molar-refractivity contribution is 7.90. The van der Waals surface area contributed by atoms with Crippen LogP contribution in [0, 0.1) is 25.5 Å². The molecular formula is C19H16F4N2O2S. The fraction of sp³-hybridized carbons (Fsp3) is 0.211. The molecule has 1 aromatic heterocycles. The second kappa shape index (κ2) is 7.05. The van der Waals surface area contributed by atoms with Gasteiger partial charge in [-0.2, -0.15) is 0 Å². The molecule has 0 fully saturated rings. The number of hydrogen-bond acceptors (Lipinski definition) is 3. The summed E-state index contributed by atoms with van der Waals surface area (Å²) in [5.41, 5.74) is 1.59. The summed E-state index contributed by atoms with van der Waals surface area (Å²) in [6.07, 6.45) is -2.21. The minimum atomic E-state index is -4.00. The third kappa shape index (κ3) is 3.80. The second-order valence-electron chi connectivity index (χ2n) is 6.56. The van der Waals surface area contributed by atoms with Crippen molar-refractivity contribution in [2.45, 2.75) is 25.2 Å². The van der Waals surface area contributed by atoms with Crippen LogP contribution in [0.15, 0.2) is 35.2 Å². The van der Waals surface area contributed by atoms with Crippen LogP contribution in [0.4, 0.5) is 17.6 Å². The number of aromatic nitrogens is 2. The van der Waals surface area contributed by atoms with E-state index in [4.69, 9.17) is 0 Å². The highest BCUT2D eigenvalue weighted by Crippen LogP contribution is 2.36. The van der Waals surface area contributed by atoms with E-state index in [1.165, 1.54) is 0 Å². The van der Waals surface area contributed by atoms with Gasteiger partial charge in [-0.1, -0.05) is 17.2 Å². The molecule has 28 heavy (non-hydrogen) atoms. The first kappa shape index (κ1) is 20.1. The number of sulfone groups is 1. The molecule has 0 aliphatic rings. The highest BCUT2D eigenvalue weighted by Gasteiger charge is 2.24. The van der Waals surface area contributed by atoms with E-state index in [0.717, 1.165) is 17.4 Å². The summed E-state index contributed by atoms with van der Waals surface area (Å²) in [5, 5.41) is 0. The summed E-state index contributed by atoms with van der Waals surface area (Å²) in [6, 6.07) is 6.43. The molecule has 3 rings (SSSR count). The quantitative estimate of drug-likeness (QED) is 0.615. The predicted molar refractivity (Wildman–Crippen MR) is 96.9 cm³/mol. The van der Waals surface area contributed by atoms with Crippen molar-refractivity contribution in [3.63, 3.8) is 0 Å². The highest BCUT2D eigenvalue weighted by atomic mass is 32.2. The van der Waals surface area contributed by atoms with Crippen LogP contribution in [0.25, 0.3) is 22.5 Å².